The molecule has 5 nitrogen and oxygen atoms in total. The molecule has 1 amide bonds. The Morgan fingerprint density at radius 2 is 1.96 bits per heavy atom. The Morgan fingerprint density at radius 3 is 2.68 bits per heavy atom. The average molecular weight is 361 g/mol. The van der Waals surface area contributed by atoms with E-state index in [1.165, 1.54) is 0 Å². The molecular weight excluding hydrogens is 338 g/mol. The van der Waals surface area contributed by atoms with Gasteiger partial charge in [0.15, 0.2) is 9.84 Å². The Morgan fingerprint density at radius 1 is 1.20 bits per heavy atom. The van der Waals surface area contributed by atoms with Crippen molar-refractivity contribution in [1.29, 1.82) is 0 Å². The van der Waals surface area contributed by atoms with E-state index in [9.17, 15) is 13.2 Å². The molecule has 2 aromatic carbocycles. The van der Waals surface area contributed by atoms with Crippen molar-refractivity contribution < 1.29 is 17.9 Å². The van der Waals surface area contributed by atoms with Gasteiger partial charge in [-0.05, 0) is 22.8 Å². The van der Waals surface area contributed by atoms with Gasteiger partial charge in [0, 0.05) is 19.7 Å². The highest BCUT2D eigenvalue weighted by Crippen LogP contribution is 2.22. The summed E-state index contributed by atoms with van der Waals surface area (Å²) >= 11 is 0. The highest BCUT2D eigenvalue weighted by atomic mass is 32.2. The molecule has 2 aromatic rings. The third-order valence-corrected chi connectivity index (χ3v) is 6.48. The average Bonchev–Trinajstić information content (AvgIpc) is 2.95. The van der Waals surface area contributed by atoms with E-state index >= 15 is 0 Å². The molecule has 1 unspecified atom stereocenters. The van der Waals surface area contributed by atoms with Crippen LogP contribution in [0.25, 0.3) is 10.8 Å². The van der Waals surface area contributed by atoms with Crippen LogP contribution >= 0.6 is 0 Å². The molecule has 0 spiro atoms. The predicted octanol–water partition coefficient (Wildman–Crippen LogP) is 2.04. The Kier molecular flexibility index (Phi) is 5.39. The van der Waals surface area contributed by atoms with Crippen LogP contribution in [0.5, 0.6) is 0 Å². The van der Waals surface area contributed by atoms with Crippen LogP contribution in [0.15, 0.2) is 42.5 Å². The molecule has 3 rings (SSSR count). The summed E-state index contributed by atoms with van der Waals surface area (Å²) in [7, 11) is -1.46. The van der Waals surface area contributed by atoms with E-state index in [0.29, 0.717) is 19.6 Å². The summed E-state index contributed by atoms with van der Waals surface area (Å²) in [6, 6.07) is 13.7. The third-order valence-electron chi connectivity index (χ3n) is 4.73. The van der Waals surface area contributed by atoms with Crippen molar-refractivity contribution in [3.8, 4) is 0 Å². The number of hydrogen-bond acceptors (Lipinski definition) is 4. The van der Waals surface area contributed by atoms with E-state index in [4.69, 9.17) is 4.74 Å². The second-order valence-electron chi connectivity index (χ2n) is 6.45. The molecule has 0 aromatic heterocycles. The molecule has 0 aliphatic carbocycles. The zero-order valence-corrected chi connectivity index (χ0v) is 15.2. The second kappa shape index (κ2) is 7.54. The third kappa shape index (κ3) is 4.19. The molecule has 1 saturated heterocycles. The molecule has 25 heavy (non-hydrogen) atoms. The molecule has 1 atom stereocenters. The van der Waals surface area contributed by atoms with Crippen LogP contribution < -0.4 is 0 Å². The lowest BCUT2D eigenvalue weighted by Crippen LogP contribution is -2.43. The Hall–Kier alpha value is -1.92. The molecular formula is C19H23NO4S. The number of hydrogen-bond donors (Lipinski definition) is 0. The van der Waals surface area contributed by atoms with Gasteiger partial charge in [0.25, 0.3) is 0 Å². The number of methoxy groups -OCH3 is 1. The minimum atomic E-state index is -3.04. The van der Waals surface area contributed by atoms with Crippen molar-refractivity contribution in [2.24, 2.45) is 0 Å². The summed E-state index contributed by atoms with van der Waals surface area (Å²) in [5.74, 6) is 0.163. The number of rotatable bonds is 6. The second-order valence-corrected chi connectivity index (χ2v) is 8.68. The molecule has 1 aliphatic heterocycles. The van der Waals surface area contributed by atoms with Crippen LogP contribution in [-0.2, 0) is 25.8 Å². The summed E-state index contributed by atoms with van der Waals surface area (Å²) in [6.45, 7) is 0.818. The number of ether oxygens (including phenoxy) is 1. The van der Waals surface area contributed by atoms with Crippen LogP contribution in [0.2, 0.25) is 0 Å². The fourth-order valence-corrected chi connectivity index (χ4v) is 5.16. The van der Waals surface area contributed by atoms with E-state index in [2.05, 4.69) is 0 Å². The molecule has 6 heteroatoms. The first-order valence-electron chi connectivity index (χ1n) is 8.45. The van der Waals surface area contributed by atoms with Crippen molar-refractivity contribution >= 4 is 26.5 Å². The van der Waals surface area contributed by atoms with Crippen molar-refractivity contribution in [1.82, 2.24) is 4.90 Å². The highest BCUT2D eigenvalue weighted by Gasteiger charge is 2.34. The van der Waals surface area contributed by atoms with Gasteiger partial charge in [0.2, 0.25) is 5.91 Å². The largest absolute Gasteiger partial charge is 0.383 e. The van der Waals surface area contributed by atoms with Gasteiger partial charge in [-0.2, -0.15) is 0 Å². The monoisotopic (exact) mass is 361 g/mol. The van der Waals surface area contributed by atoms with Crippen molar-refractivity contribution in [3.63, 3.8) is 0 Å². The van der Waals surface area contributed by atoms with E-state index in [-0.39, 0.29) is 29.9 Å². The number of amides is 1. The number of fused-ring (bicyclic) bond motifs is 1. The quantitative estimate of drug-likeness (QED) is 0.790. The standard InChI is InChI=1S/C19H23NO4S/c1-24-11-10-20(17-9-12-25(22,23)14-17)19(21)13-16-7-4-6-15-5-2-3-8-18(15)16/h2-8,17H,9-14H2,1H3. The molecule has 0 bridgehead atoms. The minimum absolute atomic E-state index is 0.0458. The van der Waals surface area contributed by atoms with Gasteiger partial charge in [-0.1, -0.05) is 42.5 Å². The van der Waals surface area contributed by atoms with E-state index in [1.54, 1.807) is 12.0 Å². The molecule has 0 radical (unpaired) electrons. The SMILES string of the molecule is COCCN(C(=O)Cc1cccc2ccccc12)C1CCS(=O)(=O)C1. The Bertz CT molecular complexity index is 857. The smallest absolute Gasteiger partial charge is 0.227 e. The topological polar surface area (TPSA) is 63.7 Å². The lowest BCUT2D eigenvalue weighted by molar-refractivity contribution is -0.133. The lowest BCUT2D eigenvalue weighted by Gasteiger charge is -2.28. The van der Waals surface area contributed by atoms with Gasteiger partial charge in [-0.3, -0.25) is 4.79 Å². The first-order valence-corrected chi connectivity index (χ1v) is 10.3. The number of benzene rings is 2. The maximum Gasteiger partial charge on any atom is 0.227 e. The van der Waals surface area contributed by atoms with Gasteiger partial charge >= 0.3 is 0 Å². The summed E-state index contributed by atoms with van der Waals surface area (Å²) in [6.07, 6.45) is 0.773. The van der Waals surface area contributed by atoms with Crippen LogP contribution in [0, 0.1) is 0 Å². The Labute approximate surface area is 148 Å². The van der Waals surface area contributed by atoms with Gasteiger partial charge < -0.3 is 9.64 Å². The lowest BCUT2D eigenvalue weighted by atomic mass is 10.0. The fraction of sp³-hybridized carbons (Fsp3) is 0.421. The number of carbonyl (C=O) groups is 1. The van der Waals surface area contributed by atoms with Crippen molar-refractivity contribution in [3.05, 3.63) is 48.0 Å². The van der Waals surface area contributed by atoms with Crippen LogP contribution in [0.3, 0.4) is 0 Å². The normalized spacial score (nSPS) is 19.2. The van der Waals surface area contributed by atoms with Crippen LogP contribution in [0.4, 0.5) is 0 Å². The van der Waals surface area contributed by atoms with E-state index in [1.807, 2.05) is 42.5 Å². The number of carbonyl (C=O) groups excluding carboxylic acids is 1. The first kappa shape index (κ1) is 17.9. The minimum Gasteiger partial charge on any atom is -0.383 e. The fourth-order valence-electron chi connectivity index (χ4n) is 3.43. The van der Waals surface area contributed by atoms with E-state index < -0.39 is 9.84 Å². The molecule has 134 valence electrons. The summed E-state index contributed by atoms with van der Waals surface area (Å²) in [4.78, 5) is 14.6. The predicted molar refractivity (Wildman–Crippen MR) is 98.3 cm³/mol. The Balaban J connectivity index is 1.82. The summed E-state index contributed by atoms with van der Waals surface area (Å²) in [5, 5.41) is 2.16. The summed E-state index contributed by atoms with van der Waals surface area (Å²) < 4.78 is 28.7. The number of nitrogens with zero attached hydrogens (tertiary/aromatic N) is 1. The van der Waals surface area contributed by atoms with Crippen molar-refractivity contribution in [2.75, 3.05) is 31.8 Å². The van der Waals surface area contributed by atoms with Crippen molar-refractivity contribution in [2.45, 2.75) is 18.9 Å². The highest BCUT2D eigenvalue weighted by molar-refractivity contribution is 7.91. The maximum absolute atomic E-state index is 12.9. The number of sulfone groups is 1. The molecule has 1 heterocycles. The molecule has 0 N–H and O–H groups in total. The molecule has 1 fully saturated rings. The van der Waals surface area contributed by atoms with Gasteiger partial charge in [-0.25, -0.2) is 8.42 Å². The van der Waals surface area contributed by atoms with Crippen LogP contribution in [0.1, 0.15) is 12.0 Å². The van der Waals surface area contributed by atoms with E-state index in [0.717, 1.165) is 16.3 Å². The maximum atomic E-state index is 12.9. The molecule has 0 saturated carbocycles. The zero-order valence-electron chi connectivity index (χ0n) is 14.3. The van der Waals surface area contributed by atoms with Gasteiger partial charge in [0.05, 0.1) is 24.5 Å². The molecule has 1 aliphatic rings. The first-order chi connectivity index (χ1) is 12.0. The van der Waals surface area contributed by atoms with Gasteiger partial charge in [-0.15, -0.1) is 0 Å². The zero-order chi connectivity index (χ0) is 17.9. The summed E-state index contributed by atoms with van der Waals surface area (Å²) in [5.41, 5.74) is 0.964. The van der Waals surface area contributed by atoms with Crippen LogP contribution in [-0.4, -0.2) is 57.0 Å². The van der Waals surface area contributed by atoms with Gasteiger partial charge in [0.1, 0.15) is 0 Å².